The van der Waals surface area contributed by atoms with Crippen LogP contribution in [0.4, 0.5) is 0 Å². The Kier molecular flexibility index (Phi) is 5.97. The fraction of sp³-hybridized carbons (Fsp3) is 0.571. The lowest BCUT2D eigenvalue weighted by Gasteiger charge is -2.25. The zero-order valence-corrected chi connectivity index (χ0v) is 15.3. The topological polar surface area (TPSA) is 46.2 Å². The first-order chi connectivity index (χ1) is 10.1. The normalized spacial score (nSPS) is 18.2. The van der Waals surface area contributed by atoms with Gasteiger partial charge in [0.2, 0.25) is 0 Å². The lowest BCUT2D eigenvalue weighted by Crippen LogP contribution is -2.42. The van der Waals surface area contributed by atoms with Gasteiger partial charge < -0.3 is 22.1 Å². The van der Waals surface area contributed by atoms with Crippen molar-refractivity contribution in [3.8, 4) is 5.75 Å². The van der Waals surface area contributed by atoms with E-state index in [1.54, 1.807) is 21.3 Å². The van der Waals surface area contributed by atoms with Crippen LogP contribution in [-0.2, 0) is 30.7 Å². The molecule has 21 heavy (non-hydrogen) atoms. The molecule has 1 heterocycles. The highest BCUT2D eigenvalue weighted by molar-refractivity contribution is 6.60. The molecule has 0 radical (unpaired) electrons. The van der Waals surface area contributed by atoms with Gasteiger partial charge in [-0.3, -0.25) is 0 Å². The molecular formula is C14H24O5Si2. The van der Waals surface area contributed by atoms with E-state index in [1.807, 2.05) is 6.55 Å². The van der Waals surface area contributed by atoms with E-state index >= 15 is 0 Å². The molecule has 7 heteroatoms. The number of benzene rings is 1. The van der Waals surface area contributed by atoms with E-state index < -0.39 is 18.1 Å². The number of aryl methyl sites for hydroxylation is 1. The Morgan fingerprint density at radius 3 is 2.57 bits per heavy atom. The van der Waals surface area contributed by atoms with Crippen LogP contribution in [0.15, 0.2) is 18.2 Å². The van der Waals surface area contributed by atoms with Gasteiger partial charge in [0.15, 0.2) is 0 Å². The summed E-state index contributed by atoms with van der Waals surface area (Å²) in [6, 6.07) is 7.17. The molecular weight excluding hydrogens is 304 g/mol. The van der Waals surface area contributed by atoms with Gasteiger partial charge in [0.25, 0.3) is 0 Å². The van der Waals surface area contributed by atoms with Crippen molar-refractivity contribution < 1.29 is 22.1 Å². The number of fused-ring (bicyclic) bond motifs is 1. The predicted molar refractivity (Wildman–Crippen MR) is 84.8 cm³/mol. The van der Waals surface area contributed by atoms with Gasteiger partial charge in [-0.1, -0.05) is 6.07 Å². The van der Waals surface area contributed by atoms with E-state index in [2.05, 4.69) is 18.2 Å². The van der Waals surface area contributed by atoms with E-state index in [9.17, 15) is 0 Å². The Labute approximate surface area is 129 Å². The Morgan fingerprint density at radius 1 is 1.19 bits per heavy atom. The second kappa shape index (κ2) is 7.52. The molecule has 2 rings (SSSR count). The van der Waals surface area contributed by atoms with Crippen molar-refractivity contribution in [3.63, 3.8) is 0 Å². The van der Waals surface area contributed by atoms with Gasteiger partial charge in [-0.2, -0.15) is 0 Å². The van der Waals surface area contributed by atoms with Crippen LogP contribution in [0.2, 0.25) is 12.6 Å². The first-order valence-corrected chi connectivity index (χ1v) is 11.2. The molecule has 0 fully saturated rings. The summed E-state index contributed by atoms with van der Waals surface area (Å²) in [7, 11) is 1.05. The summed E-state index contributed by atoms with van der Waals surface area (Å²) in [5.74, 6) is 0.985. The molecule has 0 saturated carbocycles. The van der Waals surface area contributed by atoms with E-state index in [4.69, 9.17) is 22.1 Å². The molecule has 1 aliphatic heterocycles. The summed E-state index contributed by atoms with van der Waals surface area (Å²) in [4.78, 5) is 0. The van der Waals surface area contributed by atoms with Crippen LogP contribution in [0.25, 0.3) is 0 Å². The zero-order chi connectivity index (χ0) is 15.3. The molecule has 0 N–H and O–H groups in total. The van der Waals surface area contributed by atoms with Crippen molar-refractivity contribution in [3.05, 3.63) is 29.3 Å². The molecule has 5 nitrogen and oxygen atoms in total. The highest BCUT2D eigenvalue weighted by Gasteiger charge is 2.36. The summed E-state index contributed by atoms with van der Waals surface area (Å²) < 4.78 is 27.7. The summed E-state index contributed by atoms with van der Waals surface area (Å²) in [6.07, 6.45) is 1.93. The smallest absolute Gasteiger partial charge is 0.500 e. The van der Waals surface area contributed by atoms with E-state index in [0.29, 0.717) is 6.61 Å². The Morgan fingerprint density at radius 2 is 1.90 bits per heavy atom. The molecule has 118 valence electrons. The van der Waals surface area contributed by atoms with Crippen molar-refractivity contribution in [2.75, 3.05) is 21.3 Å². The van der Waals surface area contributed by atoms with Crippen molar-refractivity contribution in [2.45, 2.75) is 32.0 Å². The van der Waals surface area contributed by atoms with Gasteiger partial charge in [0.05, 0.1) is 6.61 Å². The van der Waals surface area contributed by atoms with E-state index in [0.717, 1.165) is 30.2 Å². The number of hydrogen-bond acceptors (Lipinski definition) is 5. The standard InChI is InChI=1S/C14H24O5Si2/c1-15-21(16-2,17-3)9-5-6-12-7-8-14-13(10-12)11-18-20(4)19-14/h7-8,10,20H,5-6,9,11H2,1-4H3. The second-order valence-corrected chi connectivity index (χ2v) is 9.88. The minimum atomic E-state index is -2.45. The van der Waals surface area contributed by atoms with E-state index in [1.165, 1.54) is 5.56 Å². The van der Waals surface area contributed by atoms with Crippen LogP contribution >= 0.6 is 0 Å². The van der Waals surface area contributed by atoms with Crippen molar-refractivity contribution in [1.29, 1.82) is 0 Å². The van der Waals surface area contributed by atoms with Crippen LogP contribution in [0, 0.1) is 0 Å². The number of hydrogen-bond donors (Lipinski definition) is 0. The Balaban J connectivity index is 1.92. The molecule has 1 aromatic carbocycles. The predicted octanol–water partition coefficient (Wildman–Crippen LogP) is 2.26. The fourth-order valence-electron chi connectivity index (χ4n) is 2.50. The largest absolute Gasteiger partial charge is 0.522 e. The summed E-state index contributed by atoms with van der Waals surface area (Å²) in [5, 5.41) is 0. The maximum atomic E-state index is 5.76. The fourth-order valence-corrected chi connectivity index (χ4v) is 5.29. The van der Waals surface area contributed by atoms with Crippen molar-refractivity contribution >= 4 is 18.1 Å². The first kappa shape index (κ1) is 16.7. The second-order valence-electron chi connectivity index (χ2n) is 5.09. The third-order valence-electron chi connectivity index (χ3n) is 3.77. The maximum Gasteiger partial charge on any atom is 0.500 e. The first-order valence-electron chi connectivity index (χ1n) is 7.18. The monoisotopic (exact) mass is 328 g/mol. The highest BCUT2D eigenvalue weighted by Crippen LogP contribution is 2.27. The van der Waals surface area contributed by atoms with Gasteiger partial charge in [-0.25, -0.2) is 0 Å². The highest BCUT2D eigenvalue weighted by atomic mass is 28.4. The molecule has 0 bridgehead atoms. The minimum Gasteiger partial charge on any atom is -0.522 e. The van der Waals surface area contributed by atoms with Crippen LogP contribution in [0.5, 0.6) is 5.75 Å². The van der Waals surface area contributed by atoms with Gasteiger partial charge in [-0.05, 0) is 37.1 Å². The lowest BCUT2D eigenvalue weighted by atomic mass is 10.1. The molecule has 0 amide bonds. The van der Waals surface area contributed by atoms with E-state index in [-0.39, 0.29) is 0 Å². The van der Waals surface area contributed by atoms with Gasteiger partial charge in [0, 0.05) is 32.9 Å². The lowest BCUT2D eigenvalue weighted by molar-refractivity contribution is 0.123. The Hall–Kier alpha value is -0.706. The summed E-state index contributed by atoms with van der Waals surface area (Å²) in [6.45, 7) is 2.71. The molecule has 0 aliphatic carbocycles. The quantitative estimate of drug-likeness (QED) is 0.719. The molecule has 0 saturated heterocycles. The van der Waals surface area contributed by atoms with Crippen molar-refractivity contribution in [2.24, 2.45) is 0 Å². The molecule has 0 spiro atoms. The zero-order valence-electron chi connectivity index (χ0n) is 13.2. The van der Waals surface area contributed by atoms with Crippen LogP contribution in [-0.4, -0.2) is 39.4 Å². The van der Waals surface area contributed by atoms with Crippen LogP contribution in [0.3, 0.4) is 0 Å². The SMILES string of the molecule is CO[Si](CCCc1ccc2c(c1)CO[SiH](C)O2)(OC)OC. The van der Waals surface area contributed by atoms with Gasteiger partial charge >= 0.3 is 18.1 Å². The van der Waals surface area contributed by atoms with Crippen LogP contribution < -0.4 is 4.43 Å². The van der Waals surface area contributed by atoms with Gasteiger partial charge in [0.1, 0.15) is 5.75 Å². The average Bonchev–Trinajstić information content (AvgIpc) is 2.52. The minimum absolute atomic E-state index is 0.670. The molecule has 1 atom stereocenters. The Bertz CT molecular complexity index is 456. The third kappa shape index (κ3) is 4.15. The van der Waals surface area contributed by atoms with Crippen molar-refractivity contribution in [1.82, 2.24) is 0 Å². The molecule has 1 aliphatic rings. The third-order valence-corrected chi connectivity index (χ3v) is 7.83. The summed E-state index contributed by atoms with van der Waals surface area (Å²) in [5.41, 5.74) is 2.43. The maximum absolute atomic E-state index is 5.76. The summed E-state index contributed by atoms with van der Waals surface area (Å²) >= 11 is 0. The molecule has 0 aromatic heterocycles. The van der Waals surface area contributed by atoms with Crippen LogP contribution in [0.1, 0.15) is 17.5 Å². The molecule has 1 aromatic rings. The number of rotatable bonds is 7. The average molecular weight is 329 g/mol. The molecule has 1 unspecified atom stereocenters. The van der Waals surface area contributed by atoms with Gasteiger partial charge in [-0.15, -0.1) is 0 Å².